The van der Waals surface area contributed by atoms with Gasteiger partial charge in [0.1, 0.15) is 11.5 Å². The van der Waals surface area contributed by atoms with E-state index in [9.17, 15) is 0 Å². The van der Waals surface area contributed by atoms with E-state index >= 15 is 0 Å². The molecule has 1 unspecified atom stereocenters. The number of hydrogen-bond acceptors (Lipinski definition) is 3. The van der Waals surface area contributed by atoms with Gasteiger partial charge in [0, 0.05) is 0 Å². The summed E-state index contributed by atoms with van der Waals surface area (Å²) in [6.45, 7) is 0.712. The molecule has 0 aromatic heterocycles. The third kappa shape index (κ3) is 3.84. The van der Waals surface area contributed by atoms with Crippen molar-refractivity contribution in [1.29, 1.82) is 0 Å². The number of para-hydroxylation sites is 1. The molecule has 116 valence electrons. The highest BCUT2D eigenvalue weighted by molar-refractivity contribution is 7.99. The van der Waals surface area contributed by atoms with Gasteiger partial charge in [0.15, 0.2) is 0 Å². The number of benzene rings is 2. The van der Waals surface area contributed by atoms with Crippen LogP contribution < -0.4 is 10.5 Å². The van der Waals surface area contributed by atoms with Crippen LogP contribution in [-0.4, -0.2) is 18.1 Å². The fraction of sp³-hybridized carbons (Fsp3) is 0.368. The molecule has 0 bridgehead atoms. The molecular weight excluding hydrogens is 290 g/mol. The number of rotatable bonds is 5. The molecule has 22 heavy (non-hydrogen) atoms. The standard InChI is InChI=1S/C19H23NOS/c20-14-19(15-9-11-22-12-10-15)16-5-4-8-18(13-16)21-17-6-2-1-3-7-17/h1-8,13,15,19H,9-12,14,20H2. The van der Waals surface area contributed by atoms with Gasteiger partial charge in [-0.2, -0.15) is 11.8 Å². The van der Waals surface area contributed by atoms with E-state index in [0.29, 0.717) is 18.4 Å². The Hall–Kier alpha value is -1.45. The molecule has 2 N–H and O–H groups in total. The normalized spacial score (nSPS) is 17.1. The summed E-state index contributed by atoms with van der Waals surface area (Å²) in [6.07, 6.45) is 2.55. The minimum atomic E-state index is 0.445. The van der Waals surface area contributed by atoms with Crippen LogP contribution in [0, 0.1) is 5.92 Å². The highest BCUT2D eigenvalue weighted by Gasteiger charge is 2.24. The lowest BCUT2D eigenvalue weighted by molar-refractivity contribution is 0.399. The van der Waals surface area contributed by atoms with Crippen molar-refractivity contribution < 1.29 is 4.74 Å². The molecule has 1 heterocycles. The van der Waals surface area contributed by atoms with Gasteiger partial charge < -0.3 is 10.5 Å². The molecule has 3 rings (SSSR count). The maximum atomic E-state index is 6.09. The van der Waals surface area contributed by atoms with Crippen LogP contribution in [0.2, 0.25) is 0 Å². The highest BCUT2D eigenvalue weighted by Crippen LogP contribution is 2.36. The van der Waals surface area contributed by atoms with Crippen LogP contribution in [-0.2, 0) is 0 Å². The molecule has 1 aliphatic heterocycles. The Kier molecular flexibility index (Phi) is 5.41. The summed E-state index contributed by atoms with van der Waals surface area (Å²) < 4.78 is 5.96. The topological polar surface area (TPSA) is 35.2 Å². The van der Waals surface area contributed by atoms with E-state index in [1.54, 1.807) is 0 Å². The van der Waals surface area contributed by atoms with E-state index in [0.717, 1.165) is 11.5 Å². The van der Waals surface area contributed by atoms with Crippen molar-refractivity contribution in [2.24, 2.45) is 11.7 Å². The minimum absolute atomic E-state index is 0.445. The van der Waals surface area contributed by atoms with Gasteiger partial charge in [-0.05, 0) is 72.6 Å². The molecule has 0 aliphatic carbocycles. The first kappa shape index (κ1) is 15.4. The molecule has 2 aromatic rings. The maximum Gasteiger partial charge on any atom is 0.127 e. The minimum Gasteiger partial charge on any atom is -0.457 e. The lowest BCUT2D eigenvalue weighted by Gasteiger charge is -2.29. The van der Waals surface area contributed by atoms with E-state index < -0.39 is 0 Å². The molecule has 0 spiro atoms. The van der Waals surface area contributed by atoms with Gasteiger partial charge in [-0.1, -0.05) is 30.3 Å². The SMILES string of the molecule is NCC(c1cccc(Oc2ccccc2)c1)C1CCSCC1. The molecule has 1 saturated heterocycles. The second kappa shape index (κ2) is 7.70. The molecule has 1 atom stereocenters. The van der Waals surface area contributed by atoms with E-state index in [-0.39, 0.29) is 0 Å². The molecule has 1 aliphatic rings. The predicted molar refractivity (Wildman–Crippen MR) is 94.8 cm³/mol. The van der Waals surface area contributed by atoms with Gasteiger partial charge in [-0.15, -0.1) is 0 Å². The van der Waals surface area contributed by atoms with Crippen molar-refractivity contribution in [1.82, 2.24) is 0 Å². The number of hydrogen-bond donors (Lipinski definition) is 1. The summed E-state index contributed by atoms with van der Waals surface area (Å²) in [6, 6.07) is 18.4. The van der Waals surface area contributed by atoms with Crippen molar-refractivity contribution in [2.75, 3.05) is 18.1 Å². The summed E-state index contributed by atoms with van der Waals surface area (Å²) in [5.74, 6) is 5.45. The molecule has 0 saturated carbocycles. The van der Waals surface area contributed by atoms with Gasteiger partial charge in [0.05, 0.1) is 0 Å². The first-order chi connectivity index (χ1) is 10.9. The summed E-state index contributed by atoms with van der Waals surface area (Å²) in [7, 11) is 0. The first-order valence-electron chi connectivity index (χ1n) is 7.97. The van der Waals surface area contributed by atoms with Crippen LogP contribution in [0.4, 0.5) is 0 Å². The number of ether oxygens (including phenoxy) is 1. The van der Waals surface area contributed by atoms with Gasteiger partial charge >= 0.3 is 0 Å². The van der Waals surface area contributed by atoms with Crippen molar-refractivity contribution >= 4 is 11.8 Å². The Balaban J connectivity index is 1.77. The van der Waals surface area contributed by atoms with Gasteiger partial charge in [-0.3, -0.25) is 0 Å². The third-order valence-corrected chi connectivity index (χ3v) is 5.40. The van der Waals surface area contributed by atoms with Gasteiger partial charge in [-0.25, -0.2) is 0 Å². The van der Waals surface area contributed by atoms with Crippen molar-refractivity contribution in [2.45, 2.75) is 18.8 Å². The van der Waals surface area contributed by atoms with Crippen LogP contribution in [0.1, 0.15) is 24.3 Å². The fourth-order valence-corrected chi connectivity index (χ4v) is 4.30. The third-order valence-electron chi connectivity index (χ3n) is 4.35. The second-order valence-electron chi connectivity index (χ2n) is 5.78. The lowest BCUT2D eigenvalue weighted by atomic mass is 9.82. The Morgan fingerprint density at radius 1 is 1.00 bits per heavy atom. The molecule has 2 aromatic carbocycles. The molecular formula is C19H23NOS. The highest BCUT2D eigenvalue weighted by atomic mass is 32.2. The van der Waals surface area contributed by atoms with Crippen LogP contribution in [0.5, 0.6) is 11.5 Å². The molecule has 1 fully saturated rings. The zero-order valence-corrected chi connectivity index (χ0v) is 13.6. The maximum absolute atomic E-state index is 6.09. The van der Waals surface area contributed by atoms with Crippen LogP contribution in [0.15, 0.2) is 54.6 Å². The zero-order chi connectivity index (χ0) is 15.2. The zero-order valence-electron chi connectivity index (χ0n) is 12.8. The van der Waals surface area contributed by atoms with Crippen molar-refractivity contribution in [3.05, 3.63) is 60.2 Å². The van der Waals surface area contributed by atoms with Crippen LogP contribution >= 0.6 is 11.8 Å². The lowest BCUT2D eigenvalue weighted by Crippen LogP contribution is -2.24. The molecule has 0 amide bonds. The van der Waals surface area contributed by atoms with Crippen molar-refractivity contribution in [3.63, 3.8) is 0 Å². The molecule has 2 nitrogen and oxygen atoms in total. The Labute approximate surface area is 137 Å². The number of thioether (sulfide) groups is 1. The van der Waals surface area contributed by atoms with E-state index in [1.807, 2.05) is 36.4 Å². The average molecular weight is 313 g/mol. The van der Waals surface area contributed by atoms with E-state index in [4.69, 9.17) is 10.5 Å². The smallest absolute Gasteiger partial charge is 0.127 e. The molecule has 3 heteroatoms. The summed E-state index contributed by atoms with van der Waals surface area (Å²) in [5, 5.41) is 0. The fourth-order valence-electron chi connectivity index (χ4n) is 3.15. The van der Waals surface area contributed by atoms with Gasteiger partial charge in [0.25, 0.3) is 0 Å². The monoisotopic (exact) mass is 313 g/mol. The first-order valence-corrected chi connectivity index (χ1v) is 9.13. The quantitative estimate of drug-likeness (QED) is 0.871. The second-order valence-corrected chi connectivity index (χ2v) is 7.00. The molecule has 0 radical (unpaired) electrons. The largest absolute Gasteiger partial charge is 0.457 e. The Bertz CT molecular complexity index is 581. The number of nitrogens with two attached hydrogens (primary N) is 1. The Morgan fingerprint density at radius 3 is 2.45 bits per heavy atom. The van der Waals surface area contributed by atoms with E-state index in [1.165, 1.54) is 29.9 Å². The van der Waals surface area contributed by atoms with Crippen LogP contribution in [0.25, 0.3) is 0 Å². The van der Waals surface area contributed by atoms with E-state index in [2.05, 4.69) is 30.0 Å². The predicted octanol–water partition coefficient (Wildman–Crippen LogP) is 4.66. The van der Waals surface area contributed by atoms with Gasteiger partial charge in [0.2, 0.25) is 0 Å². The van der Waals surface area contributed by atoms with Crippen LogP contribution in [0.3, 0.4) is 0 Å². The average Bonchev–Trinajstić information content (AvgIpc) is 2.58. The summed E-state index contributed by atoms with van der Waals surface area (Å²) in [4.78, 5) is 0. The Morgan fingerprint density at radius 2 is 1.73 bits per heavy atom. The van der Waals surface area contributed by atoms with Crippen molar-refractivity contribution in [3.8, 4) is 11.5 Å². The summed E-state index contributed by atoms with van der Waals surface area (Å²) >= 11 is 2.06. The summed E-state index contributed by atoms with van der Waals surface area (Å²) in [5.41, 5.74) is 7.40.